The summed E-state index contributed by atoms with van der Waals surface area (Å²) in [6.07, 6.45) is 10.1. The number of unbranched alkanes of at least 4 members (excludes halogenated alkanes) is 2. The fourth-order valence-electron chi connectivity index (χ4n) is 2.31. The Hall–Kier alpha value is -1.98. The highest BCUT2D eigenvalue weighted by Crippen LogP contribution is 2.28. The smallest absolute Gasteiger partial charge is 0.274 e. The SMILES string of the molecule is CCCCCNC(=O)CCN(C(=O)c1cnccn1)C1CC1. The number of nitrogens with one attached hydrogen (secondary N) is 1. The van der Waals surface area contributed by atoms with Crippen molar-refractivity contribution in [2.45, 2.75) is 51.5 Å². The van der Waals surface area contributed by atoms with Crippen molar-refractivity contribution in [3.8, 4) is 0 Å². The van der Waals surface area contributed by atoms with Gasteiger partial charge in [0.1, 0.15) is 5.69 Å². The first-order chi connectivity index (χ1) is 10.7. The maximum Gasteiger partial charge on any atom is 0.274 e. The van der Waals surface area contributed by atoms with Crippen molar-refractivity contribution in [2.75, 3.05) is 13.1 Å². The molecule has 0 radical (unpaired) electrons. The van der Waals surface area contributed by atoms with Crippen molar-refractivity contribution in [1.29, 1.82) is 0 Å². The summed E-state index contributed by atoms with van der Waals surface area (Å²) >= 11 is 0. The molecule has 1 fully saturated rings. The van der Waals surface area contributed by atoms with Crippen molar-refractivity contribution in [3.05, 3.63) is 24.3 Å². The average molecular weight is 304 g/mol. The fraction of sp³-hybridized carbons (Fsp3) is 0.625. The minimum absolute atomic E-state index is 0.00805. The van der Waals surface area contributed by atoms with E-state index in [0.717, 1.165) is 32.1 Å². The molecular weight excluding hydrogens is 280 g/mol. The van der Waals surface area contributed by atoms with E-state index in [0.29, 0.717) is 25.2 Å². The van der Waals surface area contributed by atoms with Crippen LogP contribution in [0, 0.1) is 0 Å². The fourth-order valence-corrected chi connectivity index (χ4v) is 2.31. The van der Waals surface area contributed by atoms with Gasteiger partial charge in [-0.3, -0.25) is 14.6 Å². The summed E-state index contributed by atoms with van der Waals surface area (Å²) < 4.78 is 0. The van der Waals surface area contributed by atoms with Gasteiger partial charge in [-0.05, 0) is 19.3 Å². The van der Waals surface area contributed by atoms with Crippen LogP contribution in [0.15, 0.2) is 18.6 Å². The highest BCUT2D eigenvalue weighted by molar-refractivity contribution is 5.92. The van der Waals surface area contributed by atoms with Crippen molar-refractivity contribution in [1.82, 2.24) is 20.2 Å². The van der Waals surface area contributed by atoms with Gasteiger partial charge < -0.3 is 10.2 Å². The second-order valence-corrected chi connectivity index (χ2v) is 5.63. The Kier molecular flexibility index (Phi) is 6.30. The molecule has 0 unspecified atom stereocenters. The van der Waals surface area contributed by atoms with Crippen molar-refractivity contribution >= 4 is 11.8 Å². The number of carbonyl (C=O) groups is 2. The Bertz CT molecular complexity index is 488. The zero-order chi connectivity index (χ0) is 15.8. The number of hydrogen-bond donors (Lipinski definition) is 1. The Morgan fingerprint density at radius 2 is 2.14 bits per heavy atom. The van der Waals surface area contributed by atoms with Crippen LogP contribution < -0.4 is 5.32 Å². The third-order valence-electron chi connectivity index (χ3n) is 3.71. The van der Waals surface area contributed by atoms with Gasteiger partial charge in [0.05, 0.1) is 6.20 Å². The topological polar surface area (TPSA) is 75.2 Å². The normalized spacial score (nSPS) is 13.7. The molecule has 1 saturated carbocycles. The van der Waals surface area contributed by atoms with Crippen LogP contribution in [0.5, 0.6) is 0 Å². The van der Waals surface area contributed by atoms with Crippen LogP contribution in [0.25, 0.3) is 0 Å². The predicted octanol–water partition coefficient (Wildman–Crippen LogP) is 1.78. The third-order valence-corrected chi connectivity index (χ3v) is 3.71. The van der Waals surface area contributed by atoms with E-state index in [1.807, 2.05) is 0 Å². The summed E-state index contributed by atoms with van der Waals surface area (Å²) in [5.74, 6) is -0.122. The van der Waals surface area contributed by atoms with Gasteiger partial charge in [-0.15, -0.1) is 0 Å². The van der Waals surface area contributed by atoms with E-state index >= 15 is 0 Å². The summed E-state index contributed by atoms with van der Waals surface area (Å²) in [6.45, 7) is 3.29. The van der Waals surface area contributed by atoms with E-state index in [-0.39, 0.29) is 17.9 Å². The van der Waals surface area contributed by atoms with Crippen molar-refractivity contribution in [2.24, 2.45) is 0 Å². The Balaban J connectivity index is 1.80. The second kappa shape index (κ2) is 8.46. The molecule has 1 heterocycles. The standard InChI is InChI=1S/C16H24N4O2/c1-2-3-4-8-19-15(21)7-11-20(13-5-6-13)16(22)14-12-17-9-10-18-14/h9-10,12-13H,2-8,11H2,1H3,(H,19,21). The average Bonchev–Trinajstić information content (AvgIpc) is 3.37. The molecule has 1 N–H and O–H groups in total. The van der Waals surface area contributed by atoms with Gasteiger partial charge in [0.15, 0.2) is 0 Å². The Morgan fingerprint density at radius 3 is 2.77 bits per heavy atom. The third kappa shape index (κ3) is 5.09. The van der Waals surface area contributed by atoms with Gasteiger partial charge in [-0.25, -0.2) is 4.98 Å². The van der Waals surface area contributed by atoms with Crippen LogP contribution in [0.1, 0.15) is 55.9 Å². The van der Waals surface area contributed by atoms with E-state index in [1.54, 1.807) is 11.1 Å². The zero-order valence-corrected chi connectivity index (χ0v) is 13.1. The molecular formula is C16H24N4O2. The molecule has 22 heavy (non-hydrogen) atoms. The first-order valence-corrected chi connectivity index (χ1v) is 8.06. The minimum atomic E-state index is -0.130. The molecule has 0 aromatic carbocycles. The van der Waals surface area contributed by atoms with Crippen molar-refractivity contribution in [3.63, 3.8) is 0 Å². The molecule has 6 heteroatoms. The lowest BCUT2D eigenvalue weighted by Crippen LogP contribution is -2.37. The van der Waals surface area contributed by atoms with Crippen molar-refractivity contribution < 1.29 is 9.59 Å². The summed E-state index contributed by atoms with van der Waals surface area (Å²) in [7, 11) is 0. The molecule has 0 aliphatic heterocycles. The largest absolute Gasteiger partial charge is 0.356 e. The molecule has 1 aliphatic rings. The molecule has 2 rings (SSSR count). The lowest BCUT2D eigenvalue weighted by atomic mass is 10.2. The number of hydrogen-bond acceptors (Lipinski definition) is 4. The van der Waals surface area contributed by atoms with Gasteiger partial charge in [-0.2, -0.15) is 0 Å². The molecule has 1 aromatic rings. The summed E-state index contributed by atoms with van der Waals surface area (Å²) in [6, 6.07) is 0.252. The molecule has 1 aliphatic carbocycles. The first kappa shape index (κ1) is 16.4. The quantitative estimate of drug-likeness (QED) is 0.706. The van der Waals surface area contributed by atoms with Gasteiger partial charge in [-0.1, -0.05) is 19.8 Å². The monoisotopic (exact) mass is 304 g/mol. The maximum atomic E-state index is 12.4. The highest BCUT2D eigenvalue weighted by atomic mass is 16.2. The van der Waals surface area contributed by atoms with Crippen LogP contribution >= 0.6 is 0 Å². The number of nitrogens with zero attached hydrogens (tertiary/aromatic N) is 3. The van der Waals surface area contributed by atoms with Gasteiger partial charge >= 0.3 is 0 Å². The van der Waals surface area contributed by atoms with Crippen LogP contribution in [-0.4, -0.2) is 45.8 Å². The van der Waals surface area contributed by atoms with Gasteiger partial charge in [0.25, 0.3) is 5.91 Å². The molecule has 120 valence electrons. The van der Waals surface area contributed by atoms with E-state index in [9.17, 15) is 9.59 Å². The van der Waals surface area contributed by atoms with E-state index in [4.69, 9.17) is 0 Å². The van der Waals surface area contributed by atoms with Gasteiger partial charge in [0.2, 0.25) is 5.91 Å². The Morgan fingerprint density at radius 1 is 1.32 bits per heavy atom. The molecule has 0 saturated heterocycles. The number of aromatic nitrogens is 2. The molecule has 0 atom stereocenters. The second-order valence-electron chi connectivity index (χ2n) is 5.63. The molecule has 2 amide bonds. The number of rotatable bonds is 9. The summed E-state index contributed by atoms with van der Waals surface area (Å²) in [5.41, 5.74) is 0.345. The summed E-state index contributed by atoms with van der Waals surface area (Å²) in [5, 5.41) is 2.91. The van der Waals surface area contributed by atoms with Crippen LogP contribution in [0.3, 0.4) is 0 Å². The Labute approximate surface area is 131 Å². The molecule has 1 aromatic heterocycles. The zero-order valence-electron chi connectivity index (χ0n) is 13.1. The lowest BCUT2D eigenvalue weighted by molar-refractivity contribution is -0.121. The van der Waals surface area contributed by atoms with Crippen LogP contribution in [-0.2, 0) is 4.79 Å². The first-order valence-electron chi connectivity index (χ1n) is 8.06. The van der Waals surface area contributed by atoms with E-state index in [2.05, 4.69) is 22.2 Å². The number of carbonyl (C=O) groups excluding carboxylic acids is 2. The van der Waals surface area contributed by atoms with Crippen LogP contribution in [0.2, 0.25) is 0 Å². The minimum Gasteiger partial charge on any atom is -0.356 e. The molecule has 0 bridgehead atoms. The lowest BCUT2D eigenvalue weighted by Gasteiger charge is -2.21. The van der Waals surface area contributed by atoms with Gasteiger partial charge in [0, 0.05) is 37.9 Å². The predicted molar refractivity (Wildman–Crippen MR) is 83.2 cm³/mol. The molecule has 0 spiro atoms. The molecule has 6 nitrogen and oxygen atoms in total. The number of amides is 2. The highest BCUT2D eigenvalue weighted by Gasteiger charge is 2.33. The van der Waals surface area contributed by atoms with Crippen LogP contribution in [0.4, 0.5) is 0 Å². The maximum absolute atomic E-state index is 12.4. The van der Waals surface area contributed by atoms with E-state index < -0.39 is 0 Å². The van der Waals surface area contributed by atoms with E-state index in [1.165, 1.54) is 12.4 Å². The summed E-state index contributed by atoms with van der Waals surface area (Å²) in [4.78, 5) is 34.0.